The number of rotatable bonds is 1. The number of halogens is 1. The molecule has 1 aliphatic rings. The summed E-state index contributed by atoms with van der Waals surface area (Å²) in [4.78, 5) is 0. The summed E-state index contributed by atoms with van der Waals surface area (Å²) in [5.74, 6) is 3.04. The second kappa shape index (κ2) is 2.08. The van der Waals surface area contributed by atoms with Crippen LogP contribution in [0.25, 0.3) is 0 Å². The van der Waals surface area contributed by atoms with Gasteiger partial charge in [-0.2, -0.15) is 11.8 Å². The van der Waals surface area contributed by atoms with E-state index in [0.29, 0.717) is 5.25 Å². The van der Waals surface area contributed by atoms with Gasteiger partial charge in [-0.25, -0.2) is 0 Å². The van der Waals surface area contributed by atoms with Crippen molar-refractivity contribution in [3.63, 3.8) is 0 Å². The van der Waals surface area contributed by atoms with E-state index in [9.17, 15) is 0 Å². The third-order valence-corrected chi connectivity index (χ3v) is 2.60. The molecule has 0 nitrogen and oxygen atoms in total. The Kier molecular flexibility index (Phi) is 1.66. The second-order valence-corrected chi connectivity index (χ2v) is 2.92. The Morgan fingerprint density at radius 1 is 1.83 bits per heavy atom. The van der Waals surface area contributed by atoms with Gasteiger partial charge in [-0.1, -0.05) is 0 Å². The van der Waals surface area contributed by atoms with Crippen LogP contribution in [-0.4, -0.2) is 11.0 Å². The third kappa shape index (κ3) is 0.824. The SMILES string of the molecule is Cl[CH]C1CCS1. The Hall–Kier alpha value is 0.640. The molecule has 0 aromatic carbocycles. The molecule has 0 saturated carbocycles. The summed E-state index contributed by atoms with van der Waals surface area (Å²) < 4.78 is 0. The van der Waals surface area contributed by atoms with E-state index in [1.54, 1.807) is 5.88 Å². The summed E-state index contributed by atoms with van der Waals surface area (Å²) in [5, 5.41) is 0.673. The minimum absolute atomic E-state index is 0.673. The molecule has 1 saturated heterocycles. The molecule has 0 aromatic heterocycles. The van der Waals surface area contributed by atoms with Crippen LogP contribution < -0.4 is 0 Å². The lowest BCUT2D eigenvalue weighted by atomic mass is 10.3. The largest absolute Gasteiger partial charge is 0.157 e. The third-order valence-electron chi connectivity index (χ3n) is 0.875. The molecule has 1 fully saturated rings. The Morgan fingerprint density at radius 3 is 2.50 bits per heavy atom. The first-order chi connectivity index (χ1) is 2.93. The first-order valence-electron chi connectivity index (χ1n) is 1.98. The molecule has 35 valence electrons. The van der Waals surface area contributed by atoms with E-state index in [1.165, 1.54) is 12.2 Å². The molecule has 0 N–H and O–H groups in total. The van der Waals surface area contributed by atoms with Gasteiger partial charge >= 0.3 is 0 Å². The zero-order valence-corrected chi connectivity index (χ0v) is 4.93. The maximum atomic E-state index is 5.36. The molecular formula is C4H6ClS. The van der Waals surface area contributed by atoms with Crippen LogP contribution in [-0.2, 0) is 0 Å². The van der Waals surface area contributed by atoms with E-state index in [0.717, 1.165) is 0 Å². The van der Waals surface area contributed by atoms with Crippen LogP contribution in [0.2, 0.25) is 0 Å². The molecule has 1 aliphatic heterocycles. The molecule has 1 radical (unpaired) electrons. The summed E-state index contributed by atoms with van der Waals surface area (Å²) >= 11 is 7.28. The van der Waals surface area contributed by atoms with E-state index in [1.807, 2.05) is 11.8 Å². The van der Waals surface area contributed by atoms with Crippen LogP contribution in [0.3, 0.4) is 0 Å². The minimum Gasteiger partial charge on any atom is -0.157 e. The van der Waals surface area contributed by atoms with Crippen molar-refractivity contribution in [2.75, 3.05) is 5.75 Å². The lowest BCUT2D eigenvalue weighted by molar-refractivity contribution is 0.913. The molecule has 6 heavy (non-hydrogen) atoms. The monoisotopic (exact) mass is 121 g/mol. The highest BCUT2D eigenvalue weighted by Gasteiger charge is 2.15. The van der Waals surface area contributed by atoms with E-state index in [-0.39, 0.29) is 0 Å². The summed E-state index contributed by atoms with van der Waals surface area (Å²) in [7, 11) is 0. The van der Waals surface area contributed by atoms with E-state index >= 15 is 0 Å². The van der Waals surface area contributed by atoms with Gasteiger partial charge in [0.05, 0.1) is 5.88 Å². The zero-order chi connectivity index (χ0) is 4.41. The van der Waals surface area contributed by atoms with Gasteiger partial charge in [0.15, 0.2) is 0 Å². The van der Waals surface area contributed by atoms with Crippen LogP contribution in [0.4, 0.5) is 0 Å². The first-order valence-corrected chi connectivity index (χ1v) is 3.47. The maximum absolute atomic E-state index is 5.36. The minimum atomic E-state index is 0.673. The van der Waals surface area contributed by atoms with Gasteiger partial charge < -0.3 is 0 Å². The smallest absolute Gasteiger partial charge is 0.0629 e. The van der Waals surface area contributed by atoms with E-state index in [2.05, 4.69) is 0 Å². The van der Waals surface area contributed by atoms with E-state index in [4.69, 9.17) is 11.6 Å². The highest BCUT2D eigenvalue weighted by atomic mass is 35.5. The van der Waals surface area contributed by atoms with Crippen molar-refractivity contribution in [2.45, 2.75) is 11.7 Å². The topological polar surface area (TPSA) is 0 Å². The molecule has 1 unspecified atom stereocenters. The van der Waals surface area contributed by atoms with E-state index < -0.39 is 0 Å². The molecular weight excluding hydrogens is 116 g/mol. The van der Waals surface area contributed by atoms with Gasteiger partial charge in [0, 0.05) is 5.25 Å². The molecule has 0 spiro atoms. The molecule has 0 aromatic rings. The lowest BCUT2D eigenvalue weighted by Crippen LogP contribution is -2.12. The van der Waals surface area contributed by atoms with Crippen molar-refractivity contribution < 1.29 is 0 Å². The van der Waals surface area contributed by atoms with Crippen molar-refractivity contribution in [3.8, 4) is 0 Å². The average Bonchev–Trinajstić information content (AvgIpc) is 1.31. The van der Waals surface area contributed by atoms with Gasteiger partial charge in [-0.3, -0.25) is 0 Å². The summed E-state index contributed by atoms with van der Waals surface area (Å²) in [5.41, 5.74) is 0. The van der Waals surface area contributed by atoms with Crippen molar-refractivity contribution >= 4 is 23.4 Å². The fraction of sp³-hybridized carbons (Fsp3) is 0.750. The molecule has 2 heteroatoms. The molecule has 0 amide bonds. The Bertz CT molecular complexity index is 40.1. The van der Waals surface area contributed by atoms with Gasteiger partial charge in [0.2, 0.25) is 0 Å². The van der Waals surface area contributed by atoms with Crippen molar-refractivity contribution in [3.05, 3.63) is 5.88 Å². The number of hydrogen-bond donors (Lipinski definition) is 0. The number of hydrogen-bond acceptors (Lipinski definition) is 1. The predicted molar refractivity (Wildman–Crippen MR) is 31.0 cm³/mol. The number of thioether (sulfide) groups is 1. The van der Waals surface area contributed by atoms with Crippen molar-refractivity contribution in [1.82, 2.24) is 0 Å². The summed E-state index contributed by atoms with van der Waals surface area (Å²) in [6.07, 6.45) is 1.29. The predicted octanol–water partition coefficient (Wildman–Crippen LogP) is 1.89. The highest BCUT2D eigenvalue weighted by molar-refractivity contribution is 8.01. The van der Waals surface area contributed by atoms with Crippen LogP contribution in [0, 0.1) is 5.88 Å². The zero-order valence-electron chi connectivity index (χ0n) is 3.36. The normalized spacial score (nSPS) is 32.5. The second-order valence-electron chi connectivity index (χ2n) is 1.32. The van der Waals surface area contributed by atoms with Crippen LogP contribution in [0.1, 0.15) is 6.42 Å². The molecule has 0 aliphatic carbocycles. The van der Waals surface area contributed by atoms with Gasteiger partial charge in [0.1, 0.15) is 0 Å². The Labute approximate surface area is 47.3 Å². The summed E-state index contributed by atoms with van der Waals surface area (Å²) in [6.45, 7) is 0. The van der Waals surface area contributed by atoms with Crippen molar-refractivity contribution in [2.24, 2.45) is 0 Å². The maximum Gasteiger partial charge on any atom is 0.0629 e. The Balaban J connectivity index is 2.01. The molecule has 0 bridgehead atoms. The average molecular weight is 122 g/mol. The molecule has 1 heterocycles. The van der Waals surface area contributed by atoms with Gasteiger partial charge in [-0.15, -0.1) is 11.6 Å². The van der Waals surface area contributed by atoms with Crippen LogP contribution in [0.5, 0.6) is 0 Å². The fourth-order valence-electron chi connectivity index (χ4n) is 0.353. The van der Waals surface area contributed by atoms with Gasteiger partial charge in [-0.05, 0) is 12.2 Å². The standard InChI is InChI=1S/C4H6ClS/c5-3-4-1-2-6-4/h3-4H,1-2H2. The molecule has 1 atom stereocenters. The van der Waals surface area contributed by atoms with Crippen LogP contribution in [0.15, 0.2) is 0 Å². The fourth-order valence-corrected chi connectivity index (χ4v) is 1.28. The summed E-state index contributed by atoms with van der Waals surface area (Å²) in [6, 6.07) is 0. The van der Waals surface area contributed by atoms with Crippen LogP contribution >= 0.6 is 23.4 Å². The Morgan fingerprint density at radius 2 is 2.50 bits per heavy atom. The van der Waals surface area contributed by atoms with Crippen molar-refractivity contribution in [1.29, 1.82) is 0 Å². The molecule has 1 rings (SSSR count). The first kappa shape index (κ1) is 4.79. The highest BCUT2D eigenvalue weighted by Crippen LogP contribution is 2.30. The van der Waals surface area contributed by atoms with Gasteiger partial charge in [0.25, 0.3) is 0 Å². The lowest BCUT2D eigenvalue weighted by Gasteiger charge is -2.20. The quantitative estimate of drug-likeness (QED) is 0.511.